The topological polar surface area (TPSA) is 9.23 Å². The van der Waals surface area contributed by atoms with E-state index in [4.69, 9.17) is 0 Å². The van der Waals surface area contributed by atoms with E-state index < -0.39 is 48.3 Å². The summed E-state index contributed by atoms with van der Waals surface area (Å²) in [6.45, 7) is 3.45. The first-order chi connectivity index (χ1) is 14.6. The molecule has 0 radical (unpaired) electrons. The van der Waals surface area contributed by atoms with Crippen LogP contribution in [0.1, 0.15) is 49.8 Å². The monoisotopic (exact) mass is 510 g/mol. The van der Waals surface area contributed by atoms with Crippen molar-refractivity contribution in [2.24, 2.45) is 0 Å². The van der Waals surface area contributed by atoms with Gasteiger partial charge in [-0.1, -0.05) is 38.1 Å². The number of alkyl halides is 13. The van der Waals surface area contributed by atoms with Crippen LogP contribution in [0.25, 0.3) is 0 Å². The molecule has 1 rings (SSSR count). The van der Waals surface area contributed by atoms with Gasteiger partial charge in [0.25, 0.3) is 0 Å². The van der Waals surface area contributed by atoms with Crippen LogP contribution in [0.15, 0.2) is 24.3 Å². The van der Waals surface area contributed by atoms with Crippen molar-refractivity contribution in [3.63, 3.8) is 0 Å². The van der Waals surface area contributed by atoms with Gasteiger partial charge in [0, 0.05) is 13.5 Å². The van der Waals surface area contributed by atoms with E-state index in [9.17, 15) is 57.1 Å². The number of hydrogen-bond donors (Lipinski definition) is 0. The molecule has 0 aromatic heterocycles. The third-order valence-electron chi connectivity index (χ3n) is 5.19. The first-order valence-electron chi connectivity index (χ1n) is 9.20. The fourth-order valence-electron chi connectivity index (χ4n) is 2.80. The van der Waals surface area contributed by atoms with E-state index in [2.05, 4.69) is 4.74 Å². The van der Waals surface area contributed by atoms with Gasteiger partial charge in [-0.05, 0) is 23.5 Å². The number of methoxy groups -OCH3 is 1. The van der Waals surface area contributed by atoms with Crippen LogP contribution < -0.4 is 0 Å². The molecular weight excluding hydrogens is 491 g/mol. The average molecular weight is 510 g/mol. The maximum absolute atomic E-state index is 14.2. The minimum Gasteiger partial charge on any atom is -0.377 e. The number of benzene rings is 1. The molecule has 33 heavy (non-hydrogen) atoms. The summed E-state index contributed by atoms with van der Waals surface area (Å²) >= 11 is 0. The van der Waals surface area contributed by atoms with Gasteiger partial charge in [-0.2, -0.15) is 57.1 Å². The zero-order chi connectivity index (χ0) is 26.3. The Balaban J connectivity index is 3.42. The van der Waals surface area contributed by atoms with E-state index in [0.29, 0.717) is 19.1 Å². The molecule has 1 nitrogen and oxygen atoms in total. The van der Waals surface area contributed by atoms with Gasteiger partial charge in [0.15, 0.2) is 0 Å². The minimum absolute atomic E-state index is 0.169. The smallest absolute Gasteiger partial charge is 0.377 e. The molecule has 0 bridgehead atoms. The molecule has 0 saturated carbocycles. The van der Waals surface area contributed by atoms with Crippen molar-refractivity contribution in [3.05, 3.63) is 35.4 Å². The summed E-state index contributed by atoms with van der Waals surface area (Å²) in [5.74, 6) is -37.2. The third kappa shape index (κ3) is 4.90. The van der Waals surface area contributed by atoms with Gasteiger partial charge in [0.2, 0.25) is 0 Å². The summed E-state index contributed by atoms with van der Waals surface area (Å²) in [7, 11) is 0.694. The lowest BCUT2D eigenvalue weighted by molar-refractivity contribution is -0.440. The second-order valence-corrected chi connectivity index (χ2v) is 7.41. The Bertz CT molecular complexity index is 801. The molecule has 0 fully saturated rings. The van der Waals surface area contributed by atoms with Crippen LogP contribution in [0, 0.1) is 0 Å². The normalized spacial score (nSPS) is 16.6. The van der Waals surface area contributed by atoms with Gasteiger partial charge in [-0.15, -0.1) is 0 Å². The summed E-state index contributed by atoms with van der Waals surface area (Å²) in [6.07, 6.45) is -11.4. The second kappa shape index (κ2) is 9.14. The fourth-order valence-corrected chi connectivity index (χ4v) is 2.80. The molecule has 2 atom stereocenters. The zero-order valence-electron chi connectivity index (χ0n) is 17.2. The predicted molar refractivity (Wildman–Crippen MR) is 90.3 cm³/mol. The Hall–Kier alpha value is -1.73. The average Bonchev–Trinajstić information content (AvgIpc) is 2.69. The lowest BCUT2D eigenvalue weighted by atomic mass is 9.89. The SMILES string of the molecule is CCC(C)c1cccc(C(CC(F)(F)C(F)(F)C(F)(F)C(F)(F)C(F)(F)C(F)(F)F)OC)c1. The molecule has 0 spiro atoms. The number of hydrogen-bond acceptors (Lipinski definition) is 1. The maximum Gasteiger partial charge on any atom is 0.460 e. The lowest BCUT2D eigenvalue weighted by Crippen LogP contribution is -2.70. The molecule has 0 aliphatic heterocycles. The van der Waals surface area contributed by atoms with Crippen LogP contribution in [0.4, 0.5) is 57.1 Å². The molecular formula is C19H19F13O. The highest BCUT2D eigenvalue weighted by Crippen LogP contribution is 2.61. The van der Waals surface area contributed by atoms with Crippen molar-refractivity contribution in [2.45, 2.75) is 74.5 Å². The van der Waals surface area contributed by atoms with Crippen LogP contribution in [-0.4, -0.2) is 42.9 Å². The van der Waals surface area contributed by atoms with Gasteiger partial charge < -0.3 is 4.74 Å². The third-order valence-corrected chi connectivity index (χ3v) is 5.19. The second-order valence-electron chi connectivity index (χ2n) is 7.41. The Morgan fingerprint density at radius 1 is 0.727 bits per heavy atom. The molecule has 0 amide bonds. The van der Waals surface area contributed by atoms with Gasteiger partial charge in [0.05, 0.1) is 6.10 Å². The van der Waals surface area contributed by atoms with Gasteiger partial charge >= 0.3 is 35.8 Å². The summed E-state index contributed by atoms with van der Waals surface area (Å²) in [6, 6.07) is 5.07. The fraction of sp³-hybridized carbons (Fsp3) is 0.684. The number of rotatable bonds is 10. The van der Waals surface area contributed by atoms with Crippen molar-refractivity contribution < 1.29 is 61.8 Å². The minimum atomic E-state index is -7.91. The van der Waals surface area contributed by atoms with E-state index in [1.807, 2.05) is 0 Å². The highest BCUT2D eigenvalue weighted by Gasteiger charge is 2.90. The quantitative estimate of drug-likeness (QED) is 0.290. The number of ether oxygens (including phenoxy) is 1. The van der Waals surface area contributed by atoms with Crippen molar-refractivity contribution in [1.82, 2.24) is 0 Å². The predicted octanol–water partition coefficient (Wildman–Crippen LogP) is 8.02. The summed E-state index contributed by atoms with van der Waals surface area (Å²) in [5, 5.41) is 0. The van der Waals surface area contributed by atoms with E-state index >= 15 is 0 Å². The first kappa shape index (κ1) is 29.3. The largest absolute Gasteiger partial charge is 0.460 e. The molecule has 0 aliphatic rings. The Morgan fingerprint density at radius 2 is 1.18 bits per heavy atom. The van der Waals surface area contributed by atoms with Gasteiger partial charge in [-0.3, -0.25) is 0 Å². The maximum atomic E-state index is 14.2. The standard InChI is InChI=1S/C19H19F13O/c1-4-10(2)11-6-5-7-12(8-11)13(33-3)9-14(20,21)15(22,23)16(24,25)17(26,27)18(28,29)19(30,31)32/h5-8,10,13H,4,9H2,1-3H3. The molecule has 1 aromatic rings. The van der Waals surface area contributed by atoms with E-state index in [0.717, 1.165) is 6.07 Å². The molecule has 1 aromatic carbocycles. The van der Waals surface area contributed by atoms with Gasteiger partial charge in [-0.25, -0.2) is 0 Å². The van der Waals surface area contributed by atoms with E-state index in [1.165, 1.54) is 18.2 Å². The van der Waals surface area contributed by atoms with E-state index in [-0.39, 0.29) is 11.5 Å². The molecule has 0 heterocycles. The van der Waals surface area contributed by atoms with Crippen molar-refractivity contribution in [1.29, 1.82) is 0 Å². The van der Waals surface area contributed by atoms with Crippen LogP contribution in [0.2, 0.25) is 0 Å². The lowest BCUT2D eigenvalue weighted by Gasteiger charge is -2.40. The molecule has 2 unspecified atom stereocenters. The molecule has 0 N–H and O–H groups in total. The molecule has 14 heteroatoms. The molecule has 0 aliphatic carbocycles. The Morgan fingerprint density at radius 3 is 1.61 bits per heavy atom. The van der Waals surface area contributed by atoms with Crippen LogP contribution in [-0.2, 0) is 4.74 Å². The Labute approximate surface area is 179 Å². The van der Waals surface area contributed by atoms with Crippen molar-refractivity contribution in [3.8, 4) is 0 Å². The van der Waals surface area contributed by atoms with Crippen molar-refractivity contribution in [2.75, 3.05) is 7.11 Å². The summed E-state index contributed by atoms with van der Waals surface area (Å²) < 4.78 is 177. The summed E-state index contributed by atoms with van der Waals surface area (Å²) in [4.78, 5) is 0. The number of halogens is 13. The van der Waals surface area contributed by atoms with Crippen molar-refractivity contribution >= 4 is 0 Å². The Kier molecular flexibility index (Phi) is 8.11. The highest BCUT2D eigenvalue weighted by molar-refractivity contribution is 5.28. The van der Waals surface area contributed by atoms with E-state index in [1.54, 1.807) is 13.8 Å². The van der Waals surface area contributed by atoms with Gasteiger partial charge in [0.1, 0.15) is 0 Å². The molecule has 192 valence electrons. The van der Waals surface area contributed by atoms with Crippen LogP contribution in [0.3, 0.4) is 0 Å². The first-order valence-corrected chi connectivity index (χ1v) is 9.20. The molecule has 0 saturated heterocycles. The van der Waals surface area contributed by atoms with Crippen LogP contribution in [0.5, 0.6) is 0 Å². The highest BCUT2D eigenvalue weighted by atomic mass is 19.4. The summed E-state index contributed by atoms with van der Waals surface area (Å²) in [5.41, 5.74) is 0.232. The van der Waals surface area contributed by atoms with Crippen LogP contribution >= 0.6 is 0 Å². The zero-order valence-corrected chi connectivity index (χ0v) is 17.2.